The van der Waals surface area contributed by atoms with Gasteiger partial charge in [-0.05, 0) is 62.4 Å². The second-order valence-electron chi connectivity index (χ2n) is 6.31. The van der Waals surface area contributed by atoms with E-state index < -0.39 is 0 Å². The zero-order chi connectivity index (χ0) is 19.8. The molecule has 0 aliphatic rings. The van der Waals surface area contributed by atoms with Crippen LogP contribution in [-0.2, 0) is 11.2 Å². The fourth-order valence-corrected chi connectivity index (χ4v) is 2.66. The number of carbonyl (C=O) groups excluding carboxylic acids is 1. The topological polar surface area (TPSA) is 60.0 Å². The number of rotatable bonds is 9. The molecule has 0 saturated heterocycles. The van der Waals surface area contributed by atoms with Crippen LogP contribution < -0.4 is 19.5 Å². The second-order valence-corrected chi connectivity index (χ2v) is 6.31. The molecular formula is C21H28N2O4. The summed E-state index contributed by atoms with van der Waals surface area (Å²) in [6.45, 7) is 2.64. The molecule has 0 bridgehead atoms. The molecule has 0 fully saturated rings. The van der Waals surface area contributed by atoms with E-state index in [1.165, 1.54) is 0 Å². The maximum Gasteiger partial charge on any atom is 0.241 e. The molecule has 6 nitrogen and oxygen atoms in total. The first kappa shape index (κ1) is 20.6. The number of methoxy groups -OCH3 is 3. The lowest BCUT2D eigenvalue weighted by atomic mass is 10.1. The fraction of sp³-hybridized carbons (Fsp3) is 0.381. The smallest absolute Gasteiger partial charge is 0.241 e. The van der Waals surface area contributed by atoms with Crippen molar-refractivity contribution in [3.8, 4) is 17.2 Å². The molecule has 0 unspecified atom stereocenters. The largest absolute Gasteiger partial charge is 0.497 e. The lowest BCUT2D eigenvalue weighted by Gasteiger charge is -2.24. The summed E-state index contributed by atoms with van der Waals surface area (Å²) in [5.41, 5.74) is 1.88. The molecule has 0 saturated carbocycles. The molecular weight excluding hydrogens is 344 g/mol. The van der Waals surface area contributed by atoms with Gasteiger partial charge in [0, 0.05) is 12.2 Å². The Kier molecular flexibility index (Phi) is 7.49. The van der Waals surface area contributed by atoms with E-state index in [-0.39, 0.29) is 11.9 Å². The van der Waals surface area contributed by atoms with Crippen LogP contribution in [0.5, 0.6) is 17.2 Å². The maximum atomic E-state index is 12.5. The highest BCUT2D eigenvalue weighted by atomic mass is 16.5. The molecule has 0 radical (unpaired) electrons. The Labute approximate surface area is 161 Å². The van der Waals surface area contributed by atoms with Crippen molar-refractivity contribution in [2.24, 2.45) is 0 Å². The van der Waals surface area contributed by atoms with Crippen molar-refractivity contribution in [1.29, 1.82) is 0 Å². The Bertz CT molecular complexity index is 746. The number of carbonyl (C=O) groups is 1. The van der Waals surface area contributed by atoms with Crippen molar-refractivity contribution in [3.63, 3.8) is 0 Å². The summed E-state index contributed by atoms with van der Waals surface area (Å²) in [7, 11) is 6.80. The summed E-state index contributed by atoms with van der Waals surface area (Å²) >= 11 is 0. The Morgan fingerprint density at radius 1 is 1.00 bits per heavy atom. The summed E-state index contributed by atoms with van der Waals surface area (Å²) < 4.78 is 15.7. The van der Waals surface area contributed by atoms with Crippen molar-refractivity contribution in [1.82, 2.24) is 4.90 Å². The third-order valence-electron chi connectivity index (χ3n) is 4.60. The van der Waals surface area contributed by atoms with Gasteiger partial charge in [0.25, 0.3) is 0 Å². The maximum absolute atomic E-state index is 12.5. The van der Waals surface area contributed by atoms with E-state index >= 15 is 0 Å². The standard InChI is InChI=1S/C21H28N2O4/c1-15(21(24)22-17-7-9-18(25-3)10-8-17)23(2)13-12-16-6-11-19(26-4)20(14-16)27-5/h6-11,14-15H,12-13H2,1-5H3,(H,22,24)/t15-/m1/s1. The molecule has 27 heavy (non-hydrogen) atoms. The Morgan fingerprint density at radius 2 is 1.67 bits per heavy atom. The highest BCUT2D eigenvalue weighted by Crippen LogP contribution is 2.27. The van der Waals surface area contributed by atoms with Crippen molar-refractivity contribution in [2.75, 3.05) is 40.2 Å². The van der Waals surface area contributed by atoms with Crippen LogP contribution in [-0.4, -0.2) is 51.8 Å². The van der Waals surface area contributed by atoms with Gasteiger partial charge in [-0.2, -0.15) is 0 Å². The van der Waals surface area contributed by atoms with Gasteiger partial charge in [-0.15, -0.1) is 0 Å². The molecule has 146 valence electrons. The van der Waals surface area contributed by atoms with Crippen LogP contribution in [0.3, 0.4) is 0 Å². The number of hydrogen-bond acceptors (Lipinski definition) is 5. The van der Waals surface area contributed by atoms with Crippen LogP contribution in [0.1, 0.15) is 12.5 Å². The van der Waals surface area contributed by atoms with Crippen LogP contribution in [0.25, 0.3) is 0 Å². The van der Waals surface area contributed by atoms with Gasteiger partial charge in [0.2, 0.25) is 5.91 Å². The van der Waals surface area contributed by atoms with Gasteiger partial charge in [0.05, 0.1) is 27.4 Å². The van der Waals surface area contributed by atoms with E-state index in [2.05, 4.69) is 5.32 Å². The second kappa shape index (κ2) is 9.83. The zero-order valence-corrected chi connectivity index (χ0v) is 16.6. The molecule has 0 heterocycles. The fourth-order valence-electron chi connectivity index (χ4n) is 2.66. The minimum absolute atomic E-state index is 0.0463. The molecule has 2 aromatic carbocycles. The predicted molar refractivity (Wildman–Crippen MR) is 107 cm³/mol. The highest BCUT2D eigenvalue weighted by molar-refractivity contribution is 5.94. The van der Waals surface area contributed by atoms with Gasteiger partial charge < -0.3 is 19.5 Å². The third kappa shape index (κ3) is 5.62. The van der Waals surface area contributed by atoms with Crippen molar-refractivity contribution < 1.29 is 19.0 Å². The quantitative estimate of drug-likeness (QED) is 0.732. The van der Waals surface area contributed by atoms with E-state index in [0.29, 0.717) is 11.5 Å². The van der Waals surface area contributed by atoms with Crippen LogP contribution >= 0.6 is 0 Å². The lowest BCUT2D eigenvalue weighted by Crippen LogP contribution is -2.40. The SMILES string of the molecule is COc1ccc(NC(=O)[C@@H](C)N(C)CCc2ccc(OC)c(OC)c2)cc1. The number of hydrogen-bond donors (Lipinski definition) is 1. The summed E-state index contributed by atoms with van der Waals surface area (Å²) in [4.78, 5) is 14.5. The number of nitrogens with one attached hydrogen (secondary N) is 1. The molecule has 1 amide bonds. The summed E-state index contributed by atoms with van der Waals surface area (Å²) in [6.07, 6.45) is 0.803. The average molecular weight is 372 g/mol. The van der Waals surface area contributed by atoms with Crippen LogP contribution in [0.15, 0.2) is 42.5 Å². The third-order valence-corrected chi connectivity index (χ3v) is 4.60. The Hall–Kier alpha value is -2.73. The van der Waals surface area contributed by atoms with E-state index in [9.17, 15) is 4.79 Å². The number of ether oxygens (including phenoxy) is 3. The van der Waals surface area contributed by atoms with Gasteiger partial charge >= 0.3 is 0 Å². The molecule has 1 N–H and O–H groups in total. The van der Waals surface area contributed by atoms with Crippen LogP contribution in [0.4, 0.5) is 5.69 Å². The molecule has 1 atom stereocenters. The number of anilines is 1. The first-order chi connectivity index (χ1) is 13.0. The first-order valence-electron chi connectivity index (χ1n) is 8.84. The molecule has 6 heteroatoms. The number of likely N-dealkylation sites (N-methyl/N-ethyl adjacent to an activating group) is 1. The molecule has 2 rings (SSSR count). The van der Waals surface area contributed by atoms with Crippen LogP contribution in [0.2, 0.25) is 0 Å². The summed E-state index contributed by atoms with van der Waals surface area (Å²) in [5.74, 6) is 2.13. The lowest BCUT2D eigenvalue weighted by molar-refractivity contribution is -0.120. The monoisotopic (exact) mass is 372 g/mol. The van der Waals surface area contributed by atoms with Gasteiger partial charge in [0.1, 0.15) is 5.75 Å². The number of benzene rings is 2. The van der Waals surface area contributed by atoms with E-state index in [1.54, 1.807) is 21.3 Å². The first-order valence-corrected chi connectivity index (χ1v) is 8.84. The summed E-state index contributed by atoms with van der Waals surface area (Å²) in [6, 6.07) is 12.9. The molecule has 0 spiro atoms. The molecule has 0 aromatic heterocycles. The predicted octanol–water partition coefficient (Wildman–Crippen LogP) is 3.21. The zero-order valence-electron chi connectivity index (χ0n) is 16.6. The average Bonchev–Trinajstić information content (AvgIpc) is 2.71. The van der Waals surface area contributed by atoms with Gasteiger partial charge in [-0.3, -0.25) is 9.69 Å². The highest BCUT2D eigenvalue weighted by Gasteiger charge is 2.18. The minimum Gasteiger partial charge on any atom is -0.497 e. The van der Waals surface area contributed by atoms with Crippen LogP contribution in [0, 0.1) is 0 Å². The molecule has 2 aromatic rings. The van der Waals surface area contributed by atoms with Crippen molar-refractivity contribution in [3.05, 3.63) is 48.0 Å². The molecule has 0 aliphatic carbocycles. The van der Waals surface area contributed by atoms with Gasteiger partial charge in [-0.1, -0.05) is 6.07 Å². The van der Waals surface area contributed by atoms with E-state index in [1.807, 2.05) is 61.3 Å². The minimum atomic E-state index is -0.257. The van der Waals surface area contributed by atoms with Gasteiger partial charge in [-0.25, -0.2) is 0 Å². The van der Waals surface area contributed by atoms with E-state index in [4.69, 9.17) is 14.2 Å². The molecule has 0 aliphatic heterocycles. The van der Waals surface area contributed by atoms with Gasteiger partial charge in [0.15, 0.2) is 11.5 Å². The van der Waals surface area contributed by atoms with E-state index in [0.717, 1.165) is 30.0 Å². The normalized spacial score (nSPS) is 11.8. The summed E-state index contributed by atoms with van der Waals surface area (Å²) in [5, 5.41) is 2.93. The Balaban J connectivity index is 1.90. The number of amides is 1. The Morgan fingerprint density at radius 3 is 2.26 bits per heavy atom. The van der Waals surface area contributed by atoms with Crippen molar-refractivity contribution in [2.45, 2.75) is 19.4 Å². The number of nitrogens with zero attached hydrogens (tertiary/aromatic N) is 1. The van der Waals surface area contributed by atoms with Crippen molar-refractivity contribution >= 4 is 11.6 Å².